The minimum absolute atomic E-state index is 0.0273. The van der Waals surface area contributed by atoms with Gasteiger partial charge < -0.3 is 13.9 Å². The summed E-state index contributed by atoms with van der Waals surface area (Å²) in [5.74, 6) is 0.583. The molecule has 0 aliphatic carbocycles. The molecule has 18 heavy (non-hydrogen) atoms. The molecule has 6 heteroatoms. The van der Waals surface area contributed by atoms with Crippen LogP contribution in [0.3, 0.4) is 0 Å². The Labute approximate surface area is 102 Å². The molecule has 1 aromatic heterocycles. The molecule has 0 aliphatic heterocycles. The van der Waals surface area contributed by atoms with Crippen molar-refractivity contribution in [1.29, 1.82) is 0 Å². The number of amides is 1. The van der Waals surface area contributed by atoms with Gasteiger partial charge in [-0.25, -0.2) is 9.59 Å². The van der Waals surface area contributed by atoms with Crippen molar-refractivity contribution in [3.8, 4) is 5.75 Å². The van der Waals surface area contributed by atoms with Gasteiger partial charge in [-0.3, -0.25) is 5.32 Å². The highest BCUT2D eigenvalue weighted by atomic mass is 16.5. The lowest BCUT2D eigenvalue weighted by molar-refractivity contribution is 0.187. The summed E-state index contributed by atoms with van der Waals surface area (Å²) in [6, 6.07) is 6.56. The first-order valence-electron chi connectivity index (χ1n) is 5.11. The average molecular weight is 249 g/mol. The Balaban J connectivity index is 2.49. The molecule has 0 radical (unpaired) electrons. The number of hydrogen-bond donors (Lipinski definition) is 1. The van der Waals surface area contributed by atoms with Crippen molar-refractivity contribution < 1.29 is 18.7 Å². The standard InChI is InChI=1S/C12H11NO5/c1-16-8-4-3-7-5-9(13-12(15)17-2)11(14)18-10(7)6-8/h3-6H,1-2H3,(H,13,15). The molecule has 0 saturated carbocycles. The number of anilines is 1. The summed E-state index contributed by atoms with van der Waals surface area (Å²) in [5.41, 5.74) is -0.240. The van der Waals surface area contributed by atoms with Crippen molar-refractivity contribution in [2.24, 2.45) is 0 Å². The number of rotatable bonds is 2. The molecular formula is C12H11NO5. The van der Waals surface area contributed by atoms with Crippen LogP contribution in [0.5, 0.6) is 5.75 Å². The molecule has 1 amide bonds. The zero-order valence-electron chi connectivity index (χ0n) is 9.85. The summed E-state index contributed by atoms with van der Waals surface area (Å²) in [4.78, 5) is 22.6. The van der Waals surface area contributed by atoms with Crippen LogP contribution < -0.4 is 15.7 Å². The van der Waals surface area contributed by atoms with Crippen LogP contribution in [0.1, 0.15) is 0 Å². The molecule has 0 fully saturated rings. The Morgan fingerprint density at radius 2 is 2.06 bits per heavy atom. The van der Waals surface area contributed by atoms with Crippen molar-refractivity contribution in [1.82, 2.24) is 0 Å². The number of hydrogen-bond acceptors (Lipinski definition) is 5. The van der Waals surface area contributed by atoms with Gasteiger partial charge in [-0.1, -0.05) is 0 Å². The van der Waals surface area contributed by atoms with Gasteiger partial charge in [0.05, 0.1) is 14.2 Å². The maximum Gasteiger partial charge on any atom is 0.411 e. The number of carbonyl (C=O) groups is 1. The van der Waals surface area contributed by atoms with Gasteiger partial charge in [-0.2, -0.15) is 0 Å². The normalized spacial score (nSPS) is 10.1. The fourth-order valence-corrected chi connectivity index (χ4v) is 1.47. The predicted octanol–water partition coefficient (Wildman–Crippen LogP) is 1.98. The van der Waals surface area contributed by atoms with Crippen LogP contribution in [0, 0.1) is 0 Å². The van der Waals surface area contributed by atoms with Crippen LogP contribution in [0.2, 0.25) is 0 Å². The maximum atomic E-state index is 11.6. The molecule has 0 bridgehead atoms. The van der Waals surface area contributed by atoms with Gasteiger partial charge in [-0.05, 0) is 18.2 Å². The van der Waals surface area contributed by atoms with Crippen molar-refractivity contribution in [2.45, 2.75) is 0 Å². The first-order chi connectivity index (χ1) is 8.63. The summed E-state index contributed by atoms with van der Waals surface area (Å²) in [6.45, 7) is 0. The van der Waals surface area contributed by atoms with Crippen molar-refractivity contribution in [2.75, 3.05) is 19.5 Å². The number of benzene rings is 1. The van der Waals surface area contributed by atoms with Crippen LogP contribution in [0.4, 0.5) is 10.5 Å². The maximum absolute atomic E-state index is 11.6. The van der Waals surface area contributed by atoms with E-state index in [1.807, 2.05) is 0 Å². The first-order valence-corrected chi connectivity index (χ1v) is 5.11. The molecule has 6 nitrogen and oxygen atoms in total. The SMILES string of the molecule is COC(=O)Nc1cc2ccc(OC)cc2oc1=O. The second-order valence-electron chi connectivity index (χ2n) is 3.47. The monoisotopic (exact) mass is 249 g/mol. The average Bonchev–Trinajstić information content (AvgIpc) is 2.38. The fraction of sp³-hybridized carbons (Fsp3) is 0.167. The van der Waals surface area contributed by atoms with Gasteiger partial charge in [0.15, 0.2) is 0 Å². The highest BCUT2D eigenvalue weighted by Crippen LogP contribution is 2.21. The Kier molecular flexibility index (Phi) is 3.18. The van der Waals surface area contributed by atoms with Crippen LogP contribution in [0.15, 0.2) is 33.5 Å². The van der Waals surface area contributed by atoms with E-state index < -0.39 is 11.7 Å². The smallest absolute Gasteiger partial charge is 0.411 e. The largest absolute Gasteiger partial charge is 0.497 e. The molecule has 1 heterocycles. The van der Waals surface area contributed by atoms with Gasteiger partial charge >= 0.3 is 11.7 Å². The number of fused-ring (bicyclic) bond motifs is 1. The summed E-state index contributed by atoms with van der Waals surface area (Å²) >= 11 is 0. The molecule has 94 valence electrons. The highest BCUT2D eigenvalue weighted by molar-refractivity contribution is 5.88. The molecule has 2 aromatic rings. The van der Waals surface area contributed by atoms with E-state index in [1.165, 1.54) is 20.3 Å². The molecule has 0 aliphatic rings. The van der Waals surface area contributed by atoms with E-state index in [0.717, 1.165) is 0 Å². The number of carbonyl (C=O) groups excluding carboxylic acids is 1. The third-order valence-electron chi connectivity index (χ3n) is 2.37. The minimum Gasteiger partial charge on any atom is -0.497 e. The van der Waals surface area contributed by atoms with E-state index in [-0.39, 0.29) is 5.69 Å². The van der Waals surface area contributed by atoms with Gasteiger partial charge in [0.2, 0.25) is 0 Å². The number of methoxy groups -OCH3 is 2. The molecule has 1 aromatic carbocycles. The van der Waals surface area contributed by atoms with Crippen molar-refractivity contribution in [3.05, 3.63) is 34.7 Å². The second-order valence-corrected chi connectivity index (χ2v) is 3.47. The first kappa shape index (κ1) is 12.0. The molecule has 0 unspecified atom stereocenters. The van der Waals surface area contributed by atoms with Crippen LogP contribution in [-0.4, -0.2) is 20.3 Å². The zero-order chi connectivity index (χ0) is 13.1. The number of nitrogens with one attached hydrogen (secondary N) is 1. The Morgan fingerprint density at radius 1 is 1.28 bits per heavy atom. The van der Waals surface area contributed by atoms with Gasteiger partial charge in [0.1, 0.15) is 17.0 Å². The number of ether oxygens (including phenoxy) is 2. The fourth-order valence-electron chi connectivity index (χ4n) is 1.47. The van der Waals surface area contributed by atoms with Gasteiger partial charge in [0, 0.05) is 11.5 Å². The lowest BCUT2D eigenvalue weighted by Gasteiger charge is -2.04. The van der Waals surface area contributed by atoms with Crippen LogP contribution in [-0.2, 0) is 4.74 Å². The van der Waals surface area contributed by atoms with Gasteiger partial charge in [0.25, 0.3) is 0 Å². The van der Waals surface area contributed by atoms with Crippen LogP contribution in [0.25, 0.3) is 11.0 Å². The molecule has 2 rings (SSSR count). The van der Waals surface area contributed by atoms with Crippen molar-refractivity contribution in [3.63, 3.8) is 0 Å². The minimum atomic E-state index is -0.727. The zero-order valence-corrected chi connectivity index (χ0v) is 9.85. The lowest BCUT2D eigenvalue weighted by atomic mass is 10.2. The molecule has 0 saturated heterocycles. The van der Waals surface area contributed by atoms with E-state index in [4.69, 9.17) is 9.15 Å². The molecule has 0 atom stereocenters. The molecule has 0 spiro atoms. The van der Waals surface area contributed by atoms with E-state index in [1.54, 1.807) is 18.2 Å². The van der Waals surface area contributed by atoms with E-state index in [0.29, 0.717) is 16.7 Å². The quantitative estimate of drug-likeness (QED) is 0.823. The van der Waals surface area contributed by atoms with E-state index in [9.17, 15) is 9.59 Å². The second kappa shape index (κ2) is 4.79. The summed E-state index contributed by atoms with van der Waals surface area (Å²) in [6.07, 6.45) is -0.727. The summed E-state index contributed by atoms with van der Waals surface area (Å²) in [7, 11) is 2.73. The molecular weight excluding hydrogens is 238 g/mol. The Morgan fingerprint density at radius 3 is 2.72 bits per heavy atom. The van der Waals surface area contributed by atoms with Crippen LogP contribution >= 0.6 is 0 Å². The molecule has 1 N–H and O–H groups in total. The van der Waals surface area contributed by atoms with Crippen molar-refractivity contribution >= 4 is 22.7 Å². The Bertz CT molecular complexity index is 646. The lowest BCUT2D eigenvalue weighted by Crippen LogP contribution is -2.17. The van der Waals surface area contributed by atoms with E-state index >= 15 is 0 Å². The summed E-state index contributed by atoms with van der Waals surface area (Å²) in [5, 5.41) is 2.95. The topological polar surface area (TPSA) is 77.8 Å². The summed E-state index contributed by atoms with van der Waals surface area (Å²) < 4.78 is 14.5. The van der Waals surface area contributed by atoms with E-state index in [2.05, 4.69) is 10.1 Å². The highest BCUT2D eigenvalue weighted by Gasteiger charge is 2.09. The van der Waals surface area contributed by atoms with Gasteiger partial charge in [-0.15, -0.1) is 0 Å². The Hall–Kier alpha value is -2.50. The third kappa shape index (κ3) is 2.27. The predicted molar refractivity (Wildman–Crippen MR) is 65.1 cm³/mol. The third-order valence-corrected chi connectivity index (χ3v) is 2.37.